The molecule has 0 fully saturated rings. The summed E-state index contributed by atoms with van der Waals surface area (Å²) in [5, 5.41) is 16.4. The third kappa shape index (κ3) is 7.85. The number of unbranched alkanes of at least 4 members (excludes halogenated alkanes) is 3. The molecule has 0 atom stereocenters. The van der Waals surface area contributed by atoms with E-state index in [0.717, 1.165) is 19.3 Å². The third-order valence-corrected chi connectivity index (χ3v) is 1.35. The molecule has 3 heteroatoms. The largest absolute Gasteiger partial charge is 0.340 e. The highest BCUT2D eigenvalue weighted by Crippen LogP contribution is 2.13. The molecule has 0 aliphatic carbocycles. The quantitative estimate of drug-likeness (QED) is 0.461. The summed E-state index contributed by atoms with van der Waals surface area (Å²) >= 11 is 0. The van der Waals surface area contributed by atoms with E-state index < -0.39 is 6.04 Å². The monoisotopic (exact) mass is 150 g/mol. The van der Waals surface area contributed by atoms with E-state index in [1.165, 1.54) is 0 Å². The molecule has 2 nitrogen and oxygen atoms in total. The van der Waals surface area contributed by atoms with E-state index in [2.05, 4.69) is 0 Å². The molecular formula is C7H15FO2. The minimum atomic E-state index is -2.95. The molecule has 0 bridgehead atoms. The maximum atomic E-state index is 11.9. The summed E-state index contributed by atoms with van der Waals surface area (Å²) in [5.74, 6) is 0. The molecule has 10 heavy (non-hydrogen) atoms. The van der Waals surface area contributed by atoms with Gasteiger partial charge in [0, 0.05) is 6.42 Å². The molecule has 0 radical (unpaired) electrons. The molecule has 62 valence electrons. The van der Waals surface area contributed by atoms with Crippen LogP contribution in [0.1, 0.15) is 39.0 Å². The summed E-state index contributed by atoms with van der Waals surface area (Å²) in [7, 11) is 0. The molecule has 0 rings (SSSR count). The molecular weight excluding hydrogens is 135 g/mol. The normalized spacial score (nSPS) is 12.0. The Labute approximate surface area is 60.7 Å². The van der Waals surface area contributed by atoms with Gasteiger partial charge in [0.2, 0.25) is 0 Å². The molecule has 0 heterocycles. The van der Waals surface area contributed by atoms with E-state index in [0.29, 0.717) is 6.42 Å². The van der Waals surface area contributed by atoms with Crippen molar-refractivity contribution in [3.63, 3.8) is 0 Å². The Bertz CT molecular complexity index is 78.2. The summed E-state index contributed by atoms with van der Waals surface area (Å²) in [6.45, 7) is 2.04. The van der Waals surface area contributed by atoms with Crippen molar-refractivity contribution in [2.45, 2.75) is 45.1 Å². The van der Waals surface area contributed by atoms with Crippen LogP contribution >= 0.6 is 0 Å². The first-order valence-corrected chi connectivity index (χ1v) is 3.70. The fraction of sp³-hybridized carbons (Fsp3) is 1.00. The zero-order valence-corrected chi connectivity index (χ0v) is 6.31. The minimum Gasteiger partial charge on any atom is -0.340 e. The molecule has 0 saturated carbocycles. The van der Waals surface area contributed by atoms with Gasteiger partial charge in [-0.2, -0.15) is 4.39 Å². The maximum Gasteiger partial charge on any atom is 0.315 e. The van der Waals surface area contributed by atoms with Crippen LogP contribution in [-0.2, 0) is 0 Å². The summed E-state index contributed by atoms with van der Waals surface area (Å²) < 4.78 is 11.9. The van der Waals surface area contributed by atoms with Crippen LogP contribution in [0.3, 0.4) is 0 Å². The lowest BCUT2D eigenvalue weighted by Crippen LogP contribution is -2.20. The van der Waals surface area contributed by atoms with Crippen molar-refractivity contribution in [3.05, 3.63) is 0 Å². The Morgan fingerprint density at radius 1 is 1.20 bits per heavy atom. The predicted octanol–water partition coefficient (Wildman–Crippen LogP) is 1.56. The van der Waals surface area contributed by atoms with E-state index in [-0.39, 0.29) is 6.42 Å². The molecule has 0 aliphatic heterocycles. The van der Waals surface area contributed by atoms with Gasteiger partial charge in [0.15, 0.2) is 0 Å². The van der Waals surface area contributed by atoms with Gasteiger partial charge in [-0.1, -0.05) is 26.2 Å². The lowest BCUT2D eigenvalue weighted by atomic mass is 10.1. The van der Waals surface area contributed by atoms with Crippen LogP contribution in [0.2, 0.25) is 0 Å². The van der Waals surface area contributed by atoms with Crippen molar-refractivity contribution >= 4 is 0 Å². The molecule has 0 aliphatic rings. The number of rotatable bonds is 5. The zero-order valence-electron chi connectivity index (χ0n) is 6.31. The standard InChI is InChI=1S/C7H15FO2/c1-2-3-4-5-6-7(8,9)10/h9-10H,2-6H2,1H3. The van der Waals surface area contributed by atoms with Gasteiger partial charge >= 0.3 is 6.04 Å². The molecule has 0 spiro atoms. The summed E-state index contributed by atoms with van der Waals surface area (Å²) in [6.07, 6.45) is 3.32. The second-order valence-corrected chi connectivity index (χ2v) is 2.53. The fourth-order valence-corrected chi connectivity index (χ4v) is 0.777. The van der Waals surface area contributed by atoms with Gasteiger partial charge in [0.25, 0.3) is 0 Å². The van der Waals surface area contributed by atoms with Gasteiger partial charge < -0.3 is 10.2 Å². The lowest BCUT2D eigenvalue weighted by molar-refractivity contribution is -0.262. The van der Waals surface area contributed by atoms with Crippen molar-refractivity contribution in [1.82, 2.24) is 0 Å². The maximum absolute atomic E-state index is 11.9. The number of hydrogen-bond donors (Lipinski definition) is 2. The van der Waals surface area contributed by atoms with Crippen LogP contribution in [0.5, 0.6) is 0 Å². The van der Waals surface area contributed by atoms with E-state index in [9.17, 15) is 4.39 Å². The van der Waals surface area contributed by atoms with Crippen LogP contribution in [0, 0.1) is 0 Å². The van der Waals surface area contributed by atoms with Gasteiger partial charge in [0.1, 0.15) is 0 Å². The van der Waals surface area contributed by atoms with Crippen LogP contribution < -0.4 is 0 Å². The molecule has 0 amide bonds. The summed E-state index contributed by atoms with van der Waals surface area (Å²) in [4.78, 5) is 0. The van der Waals surface area contributed by atoms with Gasteiger partial charge in [-0.3, -0.25) is 0 Å². The van der Waals surface area contributed by atoms with Crippen LogP contribution in [0.25, 0.3) is 0 Å². The minimum absolute atomic E-state index is 0.174. The second-order valence-electron chi connectivity index (χ2n) is 2.53. The molecule has 0 aromatic rings. The highest BCUT2D eigenvalue weighted by molar-refractivity contribution is 4.48. The van der Waals surface area contributed by atoms with Gasteiger partial charge in [-0.15, -0.1) is 0 Å². The molecule has 0 saturated heterocycles. The van der Waals surface area contributed by atoms with E-state index in [1.54, 1.807) is 0 Å². The smallest absolute Gasteiger partial charge is 0.315 e. The number of alkyl halides is 1. The van der Waals surface area contributed by atoms with Crippen LogP contribution in [0.15, 0.2) is 0 Å². The van der Waals surface area contributed by atoms with E-state index in [1.807, 2.05) is 6.92 Å². The Morgan fingerprint density at radius 2 is 1.80 bits per heavy atom. The molecule has 2 N–H and O–H groups in total. The highest BCUT2D eigenvalue weighted by Gasteiger charge is 2.19. The van der Waals surface area contributed by atoms with Gasteiger partial charge in [-0.25, -0.2) is 0 Å². The number of halogens is 1. The van der Waals surface area contributed by atoms with Crippen LogP contribution in [-0.4, -0.2) is 16.3 Å². The molecule has 0 aromatic carbocycles. The second kappa shape index (κ2) is 4.63. The topological polar surface area (TPSA) is 40.5 Å². The van der Waals surface area contributed by atoms with Gasteiger partial charge in [0.05, 0.1) is 0 Å². The van der Waals surface area contributed by atoms with Crippen molar-refractivity contribution in [2.75, 3.05) is 0 Å². The van der Waals surface area contributed by atoms with Crippen molar-refractivity contribution < 1.29 is 14.6 Å². The third-order valence-electron chi connectivity index (χ3n) is 1.35. The number of hydrogen-bond acceptors (Lipinski definition) is 2. The molecule has 0 unspecified atom stereocenters. The van der Waals surface area contributed by atoms with E-state index in [4.69, 9.17) is 10.2 Å². The lowest BCUT2D eigenvalue weighted by Gasteiger charge is -2.09. The van der Waals surface area contributed by atoms with Crippen molar-refractivity contribution in [2.24, 2.45) is 0 Å². The van der Waals surface area contributed by atoms with Gasteiger partial charge in [-0.05, 0) is 6.42 Å². The predicted molar refractivity (Wildman–Crippen MR) is 37.0 cm³/mol. The first kappa shape index (κ1) is 9.85. The van der Waals surface area contributed by atoms with Crippen LogP contribution in [0.4, 0.5) is 4.39 Å². The summed E-state index contributed by atoms with van der Waals surface area (Å²) in [5.41, 5.74) is 0. The zero-order chi connectivity index (χ0) is 8.04. The number of aliphatic hydroxyl groups is 2. The van der Waals surface area contributed by atoms with Crippen molar-refractivity contribution in [3.8, 4) is 0 Å². The Balaban J connectivity index is 3.04. The Kier molecular flexibility index (Phi) is 4.56. The average molecular weight is 150 g/mol. The summed E-state index contributed by atoms with van der Waals surface area (Å²) in [6, 6.07) is -2.95. The Hall–Kier alpha value is -0.150. The first-order chi connectivity index (χ1) is 4.56. The SMILES string of the molecule is CCCCCCC(O)(O)F. The Morgan fingerprint density at radius 3 is 2.20 bits per heavy atom. The molecule has 0 aromatic heterocycles. The fourth-order valence-electron chi connectivity index (χ4n) is 0.777. The highest BCUT2D eigenvalue weighted by atomic mass is 19.2. The van der Waals surface area contributed by atoms with E-state index >= 15 is 0 Å². The first-order valence-electron chi connectivity index (χ1n) is 3.70. The van der Waals surface area contributed by atoms with Crippen molar-refractivity contribution in [1.29, 1.82) is 0 Å². The average Bonchev–Trinajstić information content (AvgIpc) is 1.78.